The van der Waals surface area contributed by atoms with Crippen LogP contribution in [0.5, 0.6) is 0 Å². The van der Waals surface area contributed by atoms with Gasteiger partial charge in [0, 0.05) is 18.8 Å². The first-order valence-corrected chi connectivity index (χ1v) is 8.75. The second-order valence-corrected chi connectivity index (χ2v) is 8.04. The van der Waals surface area contributed by atoms with E-state index in [0.29, 0.717) is 5.69 Å². The first-order chi connectivity index (χ1) is 12.3. The number of hydrogen-bond acceptors (Lipinski definition) is 3. The minimum atomic E-state index is -4.61. The summed E-state index contributed by atoms with van der Waals surface area (Å²) in [5, 5.41) is 11.8. The predicted molar refractivity (Wildman–Crippen MR) is 95.5 cm³/mol. The van der Waals surface area contributed by atoms with Gasteiger partial charge in [0.25, 0.3) is 0 Å². The molecule has 0 aliphatic carbocycles. The lowest BCUT2D eigenvalue weighted by Crippen LogP contribution is -2.41. The Balaban J connectivity index is 2.06. The summed E-state index contributed by atoms with van der Waals surface area (Å²) in [7, 11) is 0. The number of likely N-dealkylation sites (tertiary alicyclic amines) is 1. The maximum absolute atomic E-state index is 13.1. The van der Waals surface area contributed by atoms with E-state index in [2.05, 4.69) is 26.1 Å². The molecule has 0 bridgehead atoms. The number of benzene rings is 1. The summed E-state index contributed by atoms with van der Waals surface area (Å²) in [5.41, 5.74) is 1.59. The Bertz CT molecular complexity index is 696. The van der Waals surface area contributed by atoms with Gasteiger partial charge in [0.15, 0.2) is 0 Å². The van der Waals surface area contributed by atoms with Crippen molar-refractivity contribution < 1.29 is 27.9 Å². The second-order valence-electron chi connectivity index (χ2n) is 8.04. The molecule has 1 aliphatic heterocycles. The van der Waals surface area contributed by atoms with E-state index in [-0.39, 0.29) is 12.0 Å². The number of carboxylic acid groups (broad SMARTS) is 1. The zero-order valence-corrected chi connectivity index (χ0v) is 15.8. The summed E-state index contributed by atoms with van der Waals surface area (Å²) in [5.74, 6) is -5.50. The number of alkyl halides is 3. The highest BCUT2D eigenvalue weighted by atomic mass is 19.4. The molecular weight excluding hydrogens is 361 g/mol. The van der Waals surface area contributed by atoms with Gasteiger partial charge in [-0.1, -0.05) is 32.9 Å². The molecule has 150 valence electrons. The van der Waals surface area contributed by atoms with Crippen LogP contribution < -0.4 is 5.32 Å². The van der Waals surface area contributed by atoms with Crippen molar-refractivity contribution in [3.05, 3.63) is 29.8 Å². The first-order valence-electron chi connectivity index (χ1n) is 8.75. The number of aliphatic carboxylic acids is 1. The Morgan fingerprint density at radius 2 is 1.70 bits per heavy atom. The highest BCUT2D eigenvalue weighted by Gasteiger charge is 2.53. The molecule has 0 spiro atoms. The fraction of sp³-hybridized carbons (Fsp3) is 0.579. The molecule has 2 N–H and O–H groups in total. The van der Waals surface area contributed by atoms with Gasteiger partial charge in [-0.2, -0.15) is 13.2 Å². The van der Waals surface area contributed by atoms with Crippen LogP contribution in [0.25, 0.3) is 0 Å². The van der Waals surface area contributed by atoms with Gasteiger partial charge < -0.3 is 10.4 Å². The van der Waals surface area contributed by atoms with Crippen molar-refractivity contribution >= 4 is 17.6 Å². The van der Waals surface area contributed by atoms with E-state index >= 15 is 0 Å². The van der Waals surface area contributed by atoms with Crippen LogP contribution in [0, 0.1) is 11.8 Å². The summed E-state index contributed by atoms with van der Waals surface area (Å²) < 4.78 is 39.3. The number of hydrogen-bond donors (Lipinski definition) is 2. The van der Waals surface area contributed by atoms with Gasteiger partial charge in [-0.15, -0.1) is 0 Å². The van der Waals surface area contributed by atoms with E-state index in [9.17, 15) is 22.8 Å². The zero-order chi connectivity index (χ0) is 20.6. The molecule has 3 atom stereocenters. The van der Waals surface area contributed by atoms with Crippen LogP contribution in [0.4, 0.5) is 18.9 Å². The van der Waals surface area contributed by atoms with E-state index in [1.807, 2.05) is 12.1 Å². The Hall–Kier alpha value is -2.09. The Morgan fingerprint density at radius 1 is 1.15 bits per heavy atom. The molecule has 0 aromatic heterocycles. The molecule has 27 heavy (non-hydrogen) atoms. The third kappa shape index (κ3) is 5.00. The van der Waals surface area contributed by atoms with Crippen LogP contribution in [-0.2, 0) is 15.0 Å². The second kappa shape index (κ2) is 7.50. The Morgan fingerprint density at radius 3 is 2.11 bits per heavy atom. The molecule has 5 nitrogen and oxygen atoms in total. The number of carbonyl (C=O) groups excluding carboxylic acids is 1. The van der Waals surface area contributed by atoms with Gasteiger partial charge in [0.05, 0.1) is 17.9 Å². The minimum Gasteiger partial charge on any atom is -0.481 e. The third-order valence-electron chi connectivity index (χ3n) is 5.03. The highest BCUT2D eigenvalue weighted by molar-refractivity contribution is 5.94. The fourth-order valence-electron chi connectivity index (χ4n) is 3.20. The highest BCUT2D eigenvalue weighted by Crippen LogP contribution is 2.38. The molecule has 1 amide bonds. The first kappa shape index (κ1) is 21.2. The van der Waals surface area contributed by atoms with Gasteiger partial charge in [-0.05, 0) is 30.0 Å². The van der Waals surface area contributed by atoms with Crippen LogP contribution in [0.2, 0.25) is 0 Å². The number of carboxylic acids is 1. The zero-order valence-electron chi connectivity index (χ0n) is 15.8. The SMILES string of the molecule is CC(C(=O)Nc1ccc(C(C)(C)C)cc1)N1C[C@@H](C(F)(F)F)[C@H](C(=O)O)C1. The molecule has 1 heterocycles. The number of nitrogens with zero attached hydrogens (tertiary/aromatic N) is 1. The van der Waals surface area contributed by atoms with Gasteiger partial charge >= 0.3 is 12.1 Å². The average Bonchev–Trinajstić information content (AvgIpc) is 2.99. The summed E-state index contributed by atoms with van der Waals surface area (Å²) >= 11 is 0. The van der Waals surface area contributed by atoms with Crippen molar-refractivity contribution in [1.82, 2.24) is 4.90 Å². The lowest BCUT2D eigenvalue weighted by molar-refractivity contribution is -0.188. The number of halogens is 3. The Labute approximate surface area is 156 Å². The van der Waals surface area contributed by atoms with Crippen LogP contribution >= 0.6 is 0 Å². The van der Waals surface area contributed by atoms with Crippen molar-refractivity contribution in [2.75, 3.05) is 18.4 Å². The van der Waals surface area contributed by atoms with Crippen molar-refractivity contribution in [2.45, 2.75) is 45.3 Å². The fourth-order valence-corrected chi connectivity index (χ4v) is 3.20. The summed E-state index contributed by atoms with van der Waals surface area (Å²) in [6.45, 7) is 6.86. The molecule has 1 aromatic carbocycles. The monoisotopic (exact) mass is 386 g/mol. The lowest BCUT2D eigenvalue weighted by Gasteiger charge is -2.24. The maximum atomic E-state index is 13.1. The van der Waals surface area contributed by atoms with Gasteiger partial charge in [-0.3, -0.25) is 14.5 Å². The molecule has 2 rings (SSSR count). The van der Waals surface area contributed by atoms with Gasteiger partial charge in [-0.25, -0.2) is 0 Å². The van der Waals surface area contributed by atoms with Crippen LogP contribution in [-0.4, -0.2) is 47.2 Å². The normalized spacial score (nSPS) is 22.5. The lowest BCUT2D eigenvalue weighted by atomic mass is 9.87. The van der Waals surface area contributed by atoms with Crippen LogP contribution in [0.3, 0.4) is 0 Å². The minimum absolute atomic E-state index is 0.0379. The molecule has 1 aliphatic rings. The third-order valence-corrected chi connectivity index (χ3v) is 5.03. The molecule has 1 aromatic rings. The van der Waals surface area contributed by atoms with E-state index in [0.717, 1.165) is 5.56 Å². The molecule has 1 unspecified atom stereocenters. The molecule has 1 saturated heterocycles. The molecule has 8 heteroatoms. The smallest absolute Gasteiger partial charge is 0.393 e. The number of carbonyl (C=O) groups is 2. The van der Waals surface area contributed by atoms with Crippen LogP contribution in [0.1, 0.15) is 33.3 Å². The standard InChI is InChI=1S/C19H25F3N2O3/c1-11(24-9-14(17(26)27)15(10-24)19(20,21)22)16(25)23-13-7-5-12(6-8-13)18(2,3)4/h5-8,11,14-15H,9-10H2,1-4H3,(H,23,25)(H,26,27)/t11?,14-,15-/m1/s1. The topological polar surface area (TPSA) is 69.6 Å². The van der Waals surface area contributed by atoms with E-state index in [1.165, 1.54) is 11.8 Å². The van der Waals surface area contributed by atoms with E-state index < -0.39 is 42.5 Å². The maximum Gasteiger partial charge on any atom is 0.393 e. The van der Waals surface area contributed by atoms with E-state index in [4.69, 9.17) is 5.11 Å². The van der Waals surface area contributed by atoms with E-state index in [1.54, 1.807) is 12.1 Å². The molecule has 0 saturated carbocycles. The largest absolute Gasteiger partial charge is 0.481 e. The summed E-state index contributed by atoms with van der Waals surface area (Å²) in [4.78, 5) is 24.9. The number of rotatable bonds is 4. The molecular formula is C19H25F3N2O3. The number of nitrogens with one attached hydrogen (secondary N) is 1. The Kier molecular flexibility index (Phi) is 5.89. The van der Waals surface area contributed by atoms with Crippen molar-refractivity contribution in [3.63, 3.8) is 0 Å². The van der Waals surface area contributed by atoms with Gasteiger partial charge in [0.1, 0.15) is 0 Å². The number of amides is 1. The predicted octanol–water partition coefficient (Wildman–Crippen LogP) is 3.51. The van der Waals surface area contributed by atoms with Gasteiger partial charge in [0.2, 0.25) is 5.91 Å². The molecule has 1 fully saturated rings. The summed E-state index contributed by atoms with van der Waals surface area (Å²) in [6, 6.07) is 6.38. The van der Waals surface area contributed by atoms with Crippen LogP contribution in [0.15, 0.2) is 24.3 Å². The van der Waals surface area contributed by atoms with Crippen molar-refractivity contribution in [2.24, 2.45) is 11.8 Å². The number of anilines is 1. The van der Waals surface area contributed by atoms with Crippen molar-refractivity contribution in [3.8, 4) is 0 Å². The quantitative estimate of drug-likeness (QED) is 0.831. The molecule has 0 radical (unpaired) electrons. The van der Waals surface area contributed by atoms with Crippen molar-refractivity contribution in [1.29, 1.82) is 0 Å². The summed E-state index contributed by atoms with van der Waals surface area (Å²) in [6.07, 6.45) is -4.61. The average molecular weight is 386 g/mol.